The second kappa shape index (κ2) is 7.66. The van der Waals surface area contributed by atoms with Crippen LogP contribution >= 0.6 is 23.8 Å². The number of aromatic nitrogens is 1. The standard InChI is InChI=1S/C19H16ClFN4O3S/c1-10-6-13(21)16(22-8-10)17(26)23-11-2-3-14(12(20)7-11)25-18(27)15-9-28-5-4-24(15)19(25)29/h2-3,6-8,15H,4-5,9H2,1H3,(H,23,26). The van der Waals surface area contributed by atoms with Gasteiger partial charge in [0.25, 0.3) is 11.8 Å². The van der Waals surface area contributed by atoms with Crippen molar-refractivity contribution < 1.29 is 18.7 Å². The predicted molar refractivity (Wildman–Crippen MR) is 110 cm³/mol. The number of rotatable bonds is 3. The zero-order valence-electron chi connectivity index (χ0n) is 15.3. The molecule has 1 atom stereocenters. The molecule has 7 nitrogen and oxygen atoms in total. The van der Waals surface area contributed by atoms with Gasteiger partial charge in [-0.25, -0.2) is 9.37 Å². The molecule has 2 fully saturated rings. The number of nitrogens with one attached hydrogen (secondary N) is 1. The topological polar surface area (TPSA) is 74.8 Å². The molecule has 0 spiro atoms. The lowest BCUT2D eigenvalue weighted by Gasteiger charge is -2.28. The molecule has 2 aliphatic rings. The van der Waals surface area contributed by atoms with Crippen molar-refractivity contribution in [3.8, 4) is 0 Å². The van der Waals surface area contributed by atoms with Crippen LogP contribution in [0.25, 0.3) is 0 Å². The molecule has 3 heterocycles. The van der Waals surface area contributed by atoms with E-state index < -0.39 is 17.8 Å². The summed E-state index contributed by atoms with van der Waals surface area (Å²) in [5, 5.41) is 3.14. The van der Waals surface area contributed by atoms with Crippen molar-refractivity contribution in [3.05, 3.63) is 52.6 Å². The van der Waals surface area contributed by atoms with E-state index in [0.717, 1.165) is 0 Å². The van der Waals surface area contributed by atoms with Crippen LogP contribution in [0.4, 0.5) is 15.8 Å². The van der Waals surface area contributed by atoms with Gasteiger partial charge < -0.3 is 15.0 Å². The van der Waals surface area contributed by atoms with Crippen LogP contribution in [0.2, 0.25) is 5.02 Å². The summed E-state index contributed by atoms with van der Waals surface area (Å²) < 4.78 is 19.3. The summed E-state index contributed by atoms with van der Waals surface area (Å²) >= 11 is 11.8. The third kappa shape index (κ3) is 3.57. The second-order valence-electron chi connectivity index (χ2n) is 6.70. The summed E-state index contributed by atoms with van der Waals surface area (Å²) in [6.45, 7) is 2.99. The largest absolute Gasteiger partial charge is 0.377 e. The number of carbonyl (C=O) groups is 2. The quantitative estimate of drug-likeness (QED) is 0.749. The van der Waals surface area contributed by atoms with Gasteiger partial charge in [-0.3, -0.25) is 14.5 Å². The van der Waals surface area contributed by atoms with Crippen molar-refractivity contribution in [2.45, 2.75) is 13.0 Å². The molecule has 0 saturated carbocycles. The number of nitrogens with zero attached hydrogens (tertiary/aromatic N) is 3. The molecule has 4 rings (SSSR count). The van der Waals surface area contributed by atoms with Crippen LogP contribution in [0, 0.1) is 12.7 Å². The first-order chi connectivity index (χ1) is 13.9. The Morgan fingerprint density at radius 3 is 2.90 bits per heavy atom. The van der Waals surface area contributed by atoms with Gasteiger partial charge in [-0.05, 0) is 49.0 Å². The van der Waals surface area contributed by atoms with Gasteiger partial charge in [0.05, 0.1) is 23.9 Å². The Bertz CT molecular complexity index is 1010. The van der Waals surface area contributed by atoms with Gasteiger partial charge in [0, 0.05) is 18.4 Å². The molecule has 1 unspecified atom stereocenters. The highest BCUT2D eigenvalue weighted by Crippen LogP contribution is 2.34. The molecule has 150 valence electrons. The summed E-state index contributed by atoms with van der Waals surface area (Å²) in [7, 11) is 0. The van der Waals surface area contributed by atoms with E-state index in [0.29, 0.717) is 35.2 Å². The molecule has 0 aliphatic carbocycles. The fourth-order valence-electron chi connectivity index (χ4n) is 3.29. The van der Waals surface area contributed by atoms with Crippen molar-refractivity contribution in [1.29, 1.82) is 0 Å². The van der Waals surface area contributed by atoms with E-state index >= 15 is 0 Å². The van der Waals surface area contributed by atoms with Crippen LogP contribution < -0.4 is 10.2 Å². The first-order valence-electron chi connectivity index (χ1n) is 8.82. The van der Waals surface area contributed by atoms with Crippen LogP contribution in [0.3, 0.4) is 0 Å². The number of benzene rings is 1. The molecular weight excluding hydrogens is 419 g/mol. The summed E-state index contributed by atoms with van der Waals surface area (Å²) in [5.41, 5.74) is 1.04. The summed E-state index contributed by atoms with van der Waals surface area (Å²) in [6.07, 6.45) is 1.41. The van der Waals surface area contributed by atoms with E-state index in [2.05, 4.69) is 10.3 Å². The van der Waals surface area contributed by atoms with Crippen molar-refractivity contribution >= 4 is 52.1 Å². The Morgan fingerprint density at radius 1 is 1.41 bits per heavy atom. The molecule has 0 bridgehead atoms. The zero-order valence-corrected chi connectivity index (χ0v) is 16.9. The summed E-state index contributed by atoms with van der Waals surface area (Å²) in [5.74, 6) is -1.62. The van der Waals surface area contributed by atoms with E-state index in [9.17, 15) is 14.0 Å². The maximum Gasteiger partial charge on any atom is 0.277 e. The maximum atomic E-state index is 14.0. The fourth-order valence-corrected chi connectivity index (χ4v) is 3.96. The molecule has 2 saturated heterocycles. The normalized spacial score (nSPS) is 18.8. The van der Waals surface area contributed by atoms with Gasteiger partial charge in [0.2, 0.25) is 0 Å². The number of morpholine rings is 1. The number of hydrogen-bond acceptors (Lipinski definition) is 5. The first-order valence-corrected chi connectivity index (χ1v) is 9.61. The lowest BCUT2D eigenvalue weighted by molar-refractivity contribution is -0.123. The number of ether oxygens (including phenoxy) is 1. The summed E-state index contributed by atoms with van der Waals surface area (Å²) in [4.78, 5) is 32.1. The van der Waals surface area contributed by atoms with E-state index in [1.165, 1.54) is 23.2 Å². The number of carbonyl (C=O) groups excluding carboxylic acids is 2. The number of hydrogen-bond donors (Lipinski definition) is 1. The van der Waals surface area contributed by atoms with Crippen LogP contribution in [0.1, 0.15) is 16.1 Å². The van der Waals surface area contributed by atoms with Gasteiger partial charge in [0.1, 0.15) is 6.04 Å². The first kappa shape index (κ1) is 19.7. The molecule has 1 aromatic carbocycles. The SMILES string of the molecule is Cc1cnc(C(=O)Nc2ccc(N3C(=O)C4COCCN4C3=S)c(Cl)c2)c(F)c1. The number of anilines is 2. The van der Waals surface area contributed by atoms with Crippen LogP contribution in [-0.4, -0.2) is 52.6 Å². The van der Waals surface area contributed by atoms with Crippen LogP contribution in [0.5, 0.6) is 0 Å². The lowest BCUT2D eigenvalue weighted by atomic mass is 10.2. The minimum Gasteiger partial charge on any atom is -0.377 e. The second-order valence-corrected chi connectivity index (χ2v) is 7.48. The minimum atomic E-state index is -0.711. The Hall–Kier alpha value is -2.62. The maximum absolute atomic E-state index is 14.0. The molecule has 1 aromatic heterocycles. The highest BCUT2D eigenvalue weighted by Gasteiger charge is 2.45. The monoisotopic (exact) mass is 434 g/mol. The average molecular weight is 435 g/mol. The van der Waals surface area contributed by atoms with Crippen molar-refractivity contribution in [3.63, 3.8) is 0 Å². The van der Waals surface area contributed by atoms with Gasteiger partial charge in [-0.1, -0.05) is 11.6 Å². The van der Waals surface area contributed by atoms with Crippen molar-refractivity contribution in [1.82, 2.24) is 9.88 Å². The van der Waals surface area contributed by atoms with Crippen LogP contribution in [0.15, 0.2) is 30.5 Å². The smallest absolute Gasteiger partial charge is 0.277 e. The highest BCUT2D eigenvalue weighted by atomic mass is 35.5. The van der Waals surface area contributed by atoms with Gasteiger partial charge in [-0.2, -0.15) is 0 Å². The molecule has 0 radical (unpaired) electrons. The molecule has 1 N–H and O–H groups in total. The van der Waals surface area contributed by atoms with Crippen LogP contribution in [-0.2, 0) is 9.53 Å². The van der Waals surface area contributed by atoms with E-state index in [1.807, 2.05) is 4.90 Å². The molecular formula is C19H16ClFN4O3S. The number of thiocarbonyl (C=S) groups is 1. The number of halogens is 2. The third-order valence-electron chi connectivity index (χ3n) is 4.71. The Morgan fingerprint density at radius 2 is 2.21 bits per heavy atom. The Kier molecular flexibility index (Phi) is 5.20. The molecule has 2 amide bonds. The Labute approximate surface area is 176 Å². The number of pyridine rings is 1. The third-order valence-corrected chi connectivity index (χ3v) is 5.43. The van der Waals surface area contributed by atoms with E-state index in [4.69, 9.17) is 28.6 Å². The zero-order chi connectivity index (χ0) is 20.7. The minimum absolute atomic E-state index is 0.209. The van der Waals surface area contributed by atoms with Crippen molar-refractivity contribution in [2.75, 3.05) is 30.0 Å². The average Bonchev–Trinajstić information content (AvgIpc) is 2.93. The molecule has 29 heavy (non-hydrogen) atoms. The van der Waals surface area contributed by atoms with E-state index in [1.54, 1.807) is 19.1 Å². The predicted octanol–water partition coefficient (Wildman–Crippen LogP) is 2.77. The lowest BCUT2D eigenvalue weighted by Crippen LogP contribution is -2.44. The van der Waals surface area contributed by atoms with Gasteiger partial charge in [0.15, 0.2) is 16.6 Å². The van der Waals surface area contributed by atoms with Gasteiger partial charge in [-0.15, -0.1) is 0 Å². The summed E-state index contributed by atoms with van der Waals surface area (Å²) in [6, 6.07) is 5.40. The molecule has 2 aliphatic heterocycles. The highest BCUT2D eigenvalue weighted by molar-refractivity contribution is 7.80. The number of fused-ring (bicyclic) bond motifs is 1. The van der Waals surface area contributed by atoms with Crippen molar-refractivity contribution in [2.24, 2.45) is 0 Å². The fraction of sp³-hybridized carbons (Fsp3) is 0.263. The molecule has 10 heteroatoms. The Balaban J connectivity index is 1.56. The van der Waals surface area contributed by atoms with E-state index in [-0.39, 0.29) is 23.2 Å². The number of aryl methyl sites for hydroxylation is 1. The molecule has 2 aromatic rings. The number of amides is 2. The van der Waals surface area contributed by atoms with Gasteiger partial charge >= 0.3 is 0 Å².